The number of aromatic nitrogens is 3. The maximum absolute atomic E-state index is 13.1. The molecule has 0 aliphatic heterocycles. The summed E-state index contributed by atoms with van der Waals surface area (Å²) in [5, 5.41) is 19.9. The Bertz CT molecular complexity index is 1140. The summed E-state index contributed by atoms with van der Waals surface area (Å²) < 4.78 is 0. The van der Waals surface area contributed by atoms with Crippen LogP contribution >= 0.6 is 0 Å². The van der Waals surface area contributed by atoms with Crippen LogP contribution in [0.15, 0.2) is 66.7 Å². The predicted octanol–water partition coefficient (Wildman–Crippen LogP) is 4.65. The van der Waals surface area contributed by atoms with E-state index in [0.717, 1.165) is 16.6 Å². The number of phenols is 1. The lowest BCUT2D eigenvalue weighted by Gasteiger charge is -2.22. The van der Waals surface area contributed by atoms with Crippen LogP contribution in [-0.4, -0.2) is 25.9 Å². The summed E-state index contributed by atoms with van der Waals surface area (Å²) in [4.78, 5) is 14.5. The topological polar surface area (TPSA) is 68.0 Å². The smallest absolute Gasteiger partial charge is 0.196 e. The zero-order valence-electron chi connectivity index (χ0n) is 16.0. The van der Waals surface area contributed by atoms with E-state index < -0.39 is 0 Å². The van der Waals surface area contributed by atoms with Crippen molar-refractivity contribution in [1.82, 2.24) is 15.0 Å². The molecule has 0 aliphatic rings. The number of ketones is 1. The van der Waals surface area contributed by atoms with Crippen molar-refractivity contribution in [3.8, 4) is 11.4 Å². The molecule has 140 valence electrons. The minimum Gasteiger partial charge on any atom is -0.505 e. The second kappa shape index (κ2) is 6.60. The van der Waals surface area contributed by atoms with E-state index in [9.17, 15) is 9.90 Å². The molecule has 0 saturated heterocycles. The molecule has 3 aromatic carbocycles. The number of hydrogen-bond acceptors (Lipinski definition) is 4. The summed E-state index contributed by atoms with van der Waals surface area (Å²) in [5.41, 5.74) is 3.30. The molecule has 0 spiro atoms. The van der Waals surface area contributed by atoms with Crippen molar-refractivity contribution in [3.63, 3.8) is 0 Å². The van der Waals surface area contributed by atoms with Crippen LogP contribution in [0.1, 0.15) is 42.3 Å². The van der Waals surface area contributed by atoms with Gasteiger partial charge in [-0.2, -0.15) is 0 Å². The standard InChI is InChI=1S/C23H21N3O2/c1-23(2,3)16-13-17(21(27)15-9-5-4-6-10-15)22(28)20(14-16)26-24-18-11-7-8-12-19(18)25-26/h4-14,28H,1-3H3. The molecule has 0 bridgehead atoms. The van der Waals surface area contributed by atoms with Crippen LogP contribution in [0.4, 0.5) is 0 Å². The van der Waals surface area contributed by atoms with Crippen LogP contribution in [0.5, 0.6) is 5.75 Å². The number of hydrogen-bond donors (Lipinski definition) is 1. The highest BCUT2D eigenvalue weighted by Crippen LogP contribution is 2.34. The number of phenolic OH excluding ortho intramolecular Hbond substituents is 1. The average Bonchev–Trinajstić information content (AvgIpc) is 3.11. The fourth-order valence-electron chi connectivity index (χ4n) is 3.09. The van der Waals surface area contributed by atoms with E-state index in [1.54, 1.807) is 30.3 Å². The van der Waals surface area contributed by atoms with Crippen LogP contribution < -0.4 is 0 Å². The third-order valence-corrected chi connectivity index (χ3v) is 4.74. The molecule has 28 heavy (non-hydrogen) atoms. The van der Waals surface area contributed by atoms with E-state index in [2.05, 4.69) is 31.0 Å². The number of benzene rings is 3. The molecule has 0 fully saturated rings. The third kappa shape index (κ3) is 3.16. The molecule has 0 atom stereocenters. The number of carbonyl (C=O) groups excluding carboxylic acids is 1. The van der Waals surface area contributed by atoms with Crippen molar-refractivity contribution in [1.29, 1.82) is 0 Å². The quantitative estimate of drug-likeness (QED) is 0.532. The first kappa shape index (κ1) is 17.9. The van der Waals surface area contributed by atoms with Crippen molar-refractivity contribution in [2.75, 3.05) is 0 Å². The highest BCUT2D eigenvalue weighted by Gasteiger charge is 2.24. The molecule has 1 heterocycles. The summed E-state index contributed by atoms with van der Waals surface area (Å²) >= 11 is 0. The van der Waals surface area contributed by atoms with Crippen LogP contribution in [0.2, 0.25) is 0 Å². The van der Waals surface area contributed by atoms with Crippen molar-refractivity contribution < 1.29 is 9.90 Å². The minimum atomic E-state index is -0.234. The van der Waals surface area contributed by atoms with Gasteiger partial charge in [0.1, 0.15) is 16.7 Å². The third-order valence-electron chi connectivity index (χ3n) is 4.74. The van der Waals surface area contributed by atoms with Gasteiger partial charge in [-0.3, -0.25) is 4.79 Å². The molecule has 1 aromatic heterocycles. The Morgan fingerprint density at radius 2 is 1.46 bits per heavy atom. The maximum Gasteiger partial charge on any atom is 0.196 e. The SMILES string of the molecule is CC(C)(C)c1cc(C(=O)c2ccccc2)c(O)c(-n2nc3ccccc3n2)c1. The first-order chi connectivity index (χ1) is 13.3. The van der Waals surface area contributed by atoms with E-state index in [4.69, 9.17) is 0 Å². The van der Waals surface area contributed by atoms with Crippen molar-refractivity contribution >= 4 is 16.8 Å². The second-order valence-electron chi connectivity index (χ2n) is 7.81. The zero-order valence-corrected chi connectivity index (χ0v) is 16.0. The van der Waals surface area contributed by atoms with E-state index in [1.807, 2.05) is 36.4 Å². The molecule has 0 amide bonds. The van der Waals surface area contributed by atoms with Crippen LogP contribution in [0.3, 0.4) is 0 Å². The monoisotopic (exact) mass is 371 g/mol. The van der Waals surface area contributed by atoms with Crippen LogP contribution in [0.25, 0.3) is 16.7 Å². The van der Waals surface area contributed by atoms with Crippen molar-refractivity contribution in [2.24, 2.45) is 0 Å². The highest BCUT2D eigenvalue weighted by molar-refractivity contribution is 6.11. The number of aromatic hydroxyl groups is 1. The zero-order chi connectivity index (χ0) is 19.9. The van der Waals surface area contributed by atoms with Gasteiger partial charge in [0.05, 0.1) is 5.56 Å². The Morgan fingerprint density at radius 1 is 0.893 bits per heavy atom. The average molecular weight is 371 g/mol. The van der Waals surface area contributed by atoms with E-state index in [1.165, 1.54) is 4.80 Å². The van der Waals surface area contributed by atoms with Gasteiger partial charge in [-0.1, -0.05) is 63.2 Å². The first-order valence-corrected chi connectivity index (χ1v) is 9.14. The second-order valence-corrected chi connectivity index (χ2v) is 7.81. The van der Waals surface area contributed by atoms with Gasteiger partial charge in [0.25, 0.3) is 0 Å². The summed E-state index contributed by atoms with van der Waals surface area (Å²) in [6, 6.07) is 20.0. The normalized spacial score (nSPS) is 11.7. The maximum atomic E-state index is 13.1. The molecule has 5 nitrogen and oxygen atoms in total. The fraction of sp³-hybridized carbons (Fsp3) is 0.174. The van der Waals surface area contributed by atoms with Crippen LogP contribution in [-0.2, 0) is 5.41 Å². The molecule has 1 N–H and O–H groups in total. The lowest BCUT2D eigenvalue weighted by molar-refractivity contribution is 0.103. The Kier molecular flexibility index (Phi) is 4.23. The van der Waals surface area contributed by atoms with Gasteiger partial charge in [0, 0.05) is 5.56 Å². The molecule has 0 unspecified atom stereocenters. The summed E-state index contributed by atoms with van der Waals surface area (Å²) in [7, 11) is 0. The summed E-state index contributed by atoms with van der Waals surface area (Å²) in [5.74, 6) is -0.357. The van der Waals surface area contributed by atoms with Gasteiger partial charge in [0.15, 0.2) is 11.5 Å². The number of nitrogens with zero attached hydrogens (tertiary/aromatic N) is 3. The molecule has 0 aliphatic carbocycles. The van der Waals surface area contributed by atoms with Gasteiger partial charge in [-0.05, 0) is 35.2 Å². The molecule has 0 radical (unpaired) electrons. The highest BCUT2D eigenvalue weighted by atomic mass is 16.3. The van der Waals surface area contributed by atoms with E-state index in [0.29, 0.717) is 11.3 Å². The lowest BCUT2D eigenvalue weighted by Crippen LogP contribution is -2.15. The van der Waals surface area contributed by atoms with Gasteiger partial charge < -0.3 is 5.11 Å². The summed E-state index contributed by atoms with van der Waals surface area (Å²) in [6.45, 7) is 6.19. The number of fused-ring (bicyclic) bond motifs is 1. The molecule has 0 saturated carbocycles. The van der Waals surface area contributed by atoms with Crippen molar-refractivity contribution in [2.45, 2.75) is 26.2 Å². The van der Waals surface area contributed by atoms with Gasteiger partial charge >= 0.3 is 0 Å². The van der Waals surface area contributed by atoms with Gasteiger partial charge in [-0.25, -0.2) is 0 Å². The van der Waals surface area contributed by atoms with Crippen LogP contribution in [0, 0.1) is 0 Å². The molecular weight excluding hydrogens is 350 g/mol. The minimum absolute atomic E-state index is 0.123. The lowest BCUT2D eigenvalue weighted by atomic mass is 9.84. The molecule has 4 aromatic rings. The molecular formula is C23H21N3O2. The Balaban J connectivity index is 1.94. The fourth-order valence-corrected chi connectivity index (χ4v) is 3.09. The Morgan fingerprint density at radius 3 is 2.04 bits per heavy atom. The van der Waals surface area contributed by atoms with Crippen molar-refractivity contribution in [3.05, 3.63) is 83.4 Å². The number of rotatable bonds is 3. The number of carbonyl (C=O) groups is 1. The van der Waals surface area contributed by atoms with Gasteiger partial charge in [-0.15, -0.1) is 15.0 Å². The predicted molar refractivity (Wildman–Crippen MR) is 109 cm³/mol. The Labute approximate surface area is 163 Å². The largest absolute Gasteiger partial charge is 0.505 e. The van der Waals surface area contributed by atoms with E-state index in [-0.39, 0.29) is 22.5 Å². The summed E-state index contributed by atoms with van der Waals surface area (Å²) in [6.07, 6.45) is 0. The molecule has 5 heteroatoms. The van der Waals surface area contributed by atoms with Gasteiger partial charge in [0.2, 0.25) is 0 Å². The first-order valence-electron chi connectivity index (χ1n) is 9.14. The molecule has 4 rings (SSSR count). The van der Waals surface area contributed by atoms with E-state index >= 15 is 0 Å². The Hall–Kier alpha value is -3.47.